The van der Waals surface area contributed by atoms with E-state index < -0.39 is 5.60 Å². The highest BCUT2D eigenvalue weighted by Gasteiger charge is 2.47. The van der Waals surface area contributed by atoms with Crippen LogP contribution in [0.5, 0.6) is 5.88 Å². The molecule has 0 spiro atoms. The van der Waals surface area contributed by atoms with Gasteiger partial charge < -0.3 is 19.3 Å². The van der Waals surface area contributed by atoms with E-state index in [1.54, 1.807) is 25.6 Å². The molecule has 9 nitrogen and oxygen atoms in total. The number of nitrogens with zero attached hydrogens (tertiary/aromatic N) is 6. The molecule has 0 aromatic carbocycles. The number of hydrogen-bond acceptors (Lipinski definition) is 8. The topological polar surface area (TPSA) is 104 Å². The number of carbonyl (C=O) groups excluding carboxylic acids is 1. The van der Waals surface area contributed by atoms with Crippen molar-refractivity contribution < 1.29 is 14.3 Å². The van der Waals surface area contributed by atoms with Crippen LogP contribution < -0.4 is 9.64 Å². The van der Waals surface area contributed by atoms with E-state index in [-0.39, 0.29) is 24.6 Å². The lowest BCUT2D eigenvalue weighted by Crippen LogP contribution is -2.57. The summed E-state index contributed by atoms with van der Waals surface area (Å²) < 4.78 is 11.5. The van der Waals surface area contributed by atoms with Gasteiger partial charge in [-0.2, -0.15) is 10.4 Å². The highest BCUT2D eigenvalue weighted by molar-refractivity contribution is 5.78. The molecule has 0 radical (unpaired) electrons. The van der Waals surface area contributed by atoms with Crippen LogP contribution in [0.1, 0.15) is 43.7 Å². The Morgan fingerprint density at radius 2 is 2.15 bits per heavy atom. The molecule has 0 N–H and O–H groups in total. The van der Waals surface area contributed by atoms with Gasteiger partial charge in [0.1, 0.15) is 18.5 Å². The maximum Gasteiger partial charge on any atom is 0.248 e. The number of pyridine rings is 1. The first-order valence-corrected chi connectivity index (χ1v) is 11.5. The van der Waals surface area contributed by atoms with Gasteiger partial charge in [-0.25, -0.2) is 4.98 Å². The molecule has 4 heterocycles. The normalized spacial score (nSPS) is 25.3. The summed E-state index contributed by atoms with van der Waals surface area (Å²) in [5.74, 6) is 1.81. The predicted molar refractivity (Wildman–Crippen MR) is 119 cm³/mol. The quantitative estimate of drug-likeness (QED) is 0.663. The molecule has 2 bridgehead atoms. The van der Waals surface area contributed by atoms with Crippen LogP contribution in [0.2, 0.25) is 0 Å². The van der Waals surface area contributed by atoms with Crippen LogP contribution in [0.3, 0.4) is 0 Å². The van der Waals surface area contributed by atoms with Crippen LogP contribution in [0.4, 0.5) is 5.82 Å². The molecule has 2 unspecified atom stereocenters. The number of amides is 1. The Labute approximate surface area is 193 Å². The van der Waals surface area contributed by atoms with Crippen molar-refractivity contribution in [2.24, 2.45) is 5.92 Å². The Hall–Kier alpha value is -3.25. The number of likely N-dealkylation sites (tertiary alicyclic amines) is 1. The van der Waals surface area contributed by atoms with Crippen LogP contribution in [0, 0.1) is 17.2 Å². The van der Waals surface area contributed by atoms with Crippen molar-refractivity contribution in [2.45, 2.75) is 50.3 Å². The zero-order valence-electron chi connectivity index (χ0n) is 19.0. The fraction of sp³-hybridized carbons (Fsp3) is 0.542. The monoisotopic (exact) mass is 448 g/mol. The SMILES string of the molecule is COc1cc(C2(OCC(=O)N3CC4C[C@H](C)C(C3)N4c3ccc(C#N)cn3)CCC2)cnn1. The lowest BCUT2D eigenvalue weighted by molar-refractivity contribution is -0.154. The van der Waals surface area contributed by atoms with E-state index in [2.05, 4.69) is 33.1 Å². The molecule has 1 amide bonds. The highest BCUT2D eigenvalue weighted by atomic mass is 16.5. The second-order valence-electron chi connectivity index (χ2n) is 9.28. The fourth-order valence-corrected chi connectivity index (χ4v) is 5.40. The molecular formula is C24H28N6O3. The Morgan fingerprint density at radius 3 is 2.79 bits per heavy atom. The standard InChI is InChI=1S/C24H28N6O3/c1-16-8-19-13-29(14-20(16)30(19)21-5-4-17(10-25)11-26-21)23(31)15-33-24(6-3-7-24)18-9-22(32-2)28-27-12-18/h4-5,9,11-12,16,19-20H,3,6-8,13-15H2,1-2H3/t16-,19?,20?/m0/s1. The molecule has 1 aliphatic carbocycles. The Kier molecular flexibility index (Phi) is 5.62. The molecule has 3 aliphatic rings. The van der Waals surface area contributed by atoms with Crippen LogP contribution in [0.15, 0.2) is 30.6 Å². The predicted octanol–water partition coefficient (Wildman–Crippen LogP) is 2.27. The van der Waals surface area contributed by atoms with Gasteiger partial charge in [-0.05, 0) is 43.7 Å². The fourth-order valence-electron chi connectivity index (χ4n) is 5.40. The first-order valence-electron chi connectivity index (χ1n) is 11.5. The van der Waals surface area contributed by atoms with Crippen LogP contribution >= 0.6 is 0 Å². The van der Waals surface area contributed by atoms with E-state index in [4.69, 9.17) is 14.7 Å². The number of anilines is 1. The lowest BCUT2D eigenvalue weighted by Gasteiger charge is -2.44. The summed E-state index contributed by atoms with van der Waals surface area (Å²) in [5.41, 5.74) is 0.982. The Morgan fingerprint density at radius 1 is 1.30 bits per heavy atom. The molecule has 3 atom stereocenters. The van der Waals surface area contributed by atoms with Gasteiger partial charge >= 0.3 is 0 Å². The third-order valence-corrected chi connectivity index (χ3v) is 7.38. The van der Waals surface area contributed by atoms with Crippen molar-refractivity contribution in [2.75, 3.05) is 31.7 Å². The summed E-state index contributed by atoms with van der Waals surface area (Å²) >= 11 is 0. The van der Waals surface area contributed by atoms with Crippen LogP contribution in [-0.4, -0.2) is 64.9 Å². The molecule has 5 rings (SSSR count). The number of methoxy groups -OCH3 is 1. The van der Waals surface area contributed by atoms with Crippen molar-refractivity contribution >= 4 is 11.7 Å². The van der Waals surface area contributed by atoms with E-state index in [1.165, 1.54) is 0 Å². The third-order valence-electron chi connectivity index (χ3n) is 7.38. The van der Waals surface area contributed by atoms with E-state index in [1.807, 2.05) is 17.0 Å². The second kappa shape index (κ2) is 8.60. The summed E-state index contributed by atoms with van der Waals surface area (Å²) in [6.45, 7) is 3.59. The number of rotatable bonds is 6. The first kappa shape index (κ1) is 21.6. The Balaban J connectivity index is 1.25. The molecule has 33 heavy (non-hydrogen) atoms. The molecule has 9 heteroatoms. The molecule has 2 saturated heterocycles. The molecule has 2 aromatic heterocycles. The second-order valence-corrected chi connectivity index (χ2v) is 9.28. The molecular weight excluding hydrogens is 420 g/mol. The average molecular weight is 449 g/mol. The Bertz CT molecular complexity index is 1060. The smallest absolute Gasteiger partial charge is 0.248 e. The van der Waals surface area contributed by atoms with Crippen molar-refractivity contribution in [1.82, 2.24) is 20.1 Å². The lowest BCUT2D eigenvalue weighted by atomic mass is 9.75. The van der Waals surface area contributed by atoms with Crippen LogP contribution in [-0.2, 0) is 15.1 Å². The minimum absolute atomic E-state index is 0.0202. The van der Waals surface area contributed by atoms with Crippen molar-refractivity contribution in [3.8, 4) is 11.9 Å². The number of carbonyl (C=O) groups is 1. The van der Waals surface area contributed by atoms with E-state index in [0.717, 1.165) is 37.1 Å². The summed E-state index contributed by atoms with van der Waals surface area (Å²) in [6, 6.07) is 8.11. The number of ether oxygens (including phenoxy) is 2. The van der Waals surface area contributed by atoms with Crippen molar-refractivity contribution in [1.29, 1.82) is 5.26 Å². The average Bonchev–Trinajstić information content (AvgIpc) is 3.02. The maximum atomic E-state index is 13.2. The van der Waals surface area contributed by atoms with Crippen LogP contribution in [0.25, 0.3) is 0 Å². The van der Waals surface area contributed by atoms with Gasteiger partial charge in [0.05, 0.1) is 30.5 Å². The van der Waals surface area contributed by atoms with Crippen molar-refractivity contribution in [3.05, 3.63) is 41.7 Å². The minimum atomic E-state index is -0.487. The summed E-state index contributed by atoms with van der Waals surface area (Å²) in [5, 5.41) is 17.0. The van der Waals surface area contributed by atoms with E-state index >= 15 is 0 Å². The number of piperazine rings is 1. The zero-order valence-corrected chi connectivity index (χ0v) is 19.0. The summed E-state index contributed by atoms with van der Waals surface area (Å²) in [6.07, 6.45) is 7.11. The number of fused-ring (bicyclic) bond motifs is 2. The maximum absolute atomic E-state index is 13.2. The number of nitriles is 1. The van der Waals surface area contributed by atoms with Gasteiger partial charge in [-0.15, -0.1) is 5.10 Å². The summed E-state index contributed by atoms with van der Waals surface area (Å²) in [7, 11) is 1.56. The minimum Gasteiger partial charge on any atom is -0.480 e. The third kappa shape index (κ3) is 3.89. The number of hydrogen-bond donors (Lipinski definition) is 0. The molecule has 172 valence electrons. The summed E-state index contributed by atoms with van der Waals surface area (Å²) in [4.78, 5) is 22.0. The molecule has 2 aliphatic heterocycles. The number of aromatic nitrogens is 3. The van der Waals surface area contributed by atoms with E-state index in [0.29, 0.717) is 30.5 Å². The first-order chi connectivity index (χ1) is 16.0. The van der Waals surface area contributed by atoms with Gasteiger partial charge in [0, 0.05) is 37.0 Å². The highest BCUT2D eigenvalue weighted by Crippen LogP contribution is 2.45. The van der Waals surface area contributed by atoms with Gasteiger partial charge in [-0.1, -0.05) is 6.92 Å². The van der Waals surface area contributed by atoms with E-state index in [9.17, 15) is 4.79 Å². The van der Waals surface area contributed by atoms with Gasteiger partial charge in [-0.3, -0.25) is 4.79 Å². The van der Waals surface area contributed by atoms with Gasteiger partial charge in [0.15, 0.2) is 0 Å². The molecule has 2 aromatic rings. The largest absolute Gasteiger partial charge is 0.480 e. The molecule has 3 fully saturated rings. The van der Waals surface area contributed by atoms with Gasteiger partial charge in [0.2, 0.25) is 11.8 Å². The van der Waals surface area contributed by atoms with Gasteiger partial charge in [0.25, 0.3) is 0 Å². The van der Waals surface area contributed by atoms with Crippen molar-refractivity contribution in [3.63, 3.8) is 0 Å². The zero-order chi connectivity index (χ0) is 23.0. The molecule has 1 saturated carbocycles.